The molecule has 13 heteroatoms. The first-order valence-electron chi connectivity index (χ1n) is 14.6. The molecule has 0 aromatic heterocycles. The van der Waals surface area contributed by atoms with Gasteiger partial charge in [-0.2, -0.15) is 13.2 Å². The average molecular weight is 707 g/mol. The predicted molar refractivity (Wildman–Crippen MR) is 177 cm³/mol. The summed E-state index contributed by atoms with van der Waals surface area (Å²) in [5, 5.41) is 2.64. The standard InChI is InChI=1S/C34H32Cl2F3N3O4S/c1-2-19-40-33(44)31(20-24-9-5-3-6-10-24)41(22-25-13-15-26(35)16-14-25)32(43)23-42(47(45,46)28-11-7-4-8-12-28)27-17-18-30(36)29(21-27)34(37,38)39/h3-18,21,31H,2,19-20,22-23H2,1H3,(H,40,44)/t31-/m0/s1. The minimum atomic E-state index is -4.90. The quantitative estimate of drug-likeness (QED) is 0.157. The zero-order valence-electron chi connectivity index (χ0n) is 25.3. The normalized spacial score (nSPS) is 12.3. The number of benzene rings is 4. The summed E-state index contributed by atoms with van der Waals surface area (Å²) in [6.07, 6.45) is -4.20. The molecule has 1 atom stereocenters. The Labute approximate surface area is 282 Å². The van der Waals surface area contributed by atoms with E-state index < -0.39 is 56.9 Å². The highest BCUT2D eigenvalue weighted by molar-refractivity contribution is 7.92. The third-order valence-electron chi connectivity index (χ3n) is 7.24. The van der Waals surface area contributed by atoms with Crippen molar-refractivity contribution >= 4 is 50.7 Å². The van der Waals surface area contributed by atoms with E-state index >= 15 is 0 Å². The number of nitrogens with zero attached hydrogens (tertiary/aromatic N) is 2. The van der Waals surface area contributed by atoms with Crippen LogP contribution in [0.3, 0.4) is 0 Å². The first kappa shape index (κ1) is 35.8. The van der Waals surface area contributed by atoms with Crippen molar-refractivity contribution in [1.82, 2.24) is 10.2 Å². The molecule has 0 unspecified atom stereocenters. The van der Waals surface area contributed by atoms with Crippen LogP contribution in [0.15, 0.2) is 108 Å². The Morgan fingerprint density at radius 1 is 0.851 bits per heavy atom. The van der Waals surface area contributed by atoms with E-state index in [0.717, 1.165) is 17.7 Å². The van der Waals surface area contributed by atoms with Crippen molar-refractivity contribution in [2.75, 3.05) is 17.4 Å². The van der Waals surface area contributed by atoms with Crippen LogP contribution in [-0.4, -0.2) is 44.3 Å². The molecule has 2 amide bonds. The fourth-order valence-corrected chi connectivity index (χ4v) is 6.62. The van der Waals surface area contributed by atoms with Crippen LogP contribution in [0.5, 0.6) is 0 Å². The number of nitrogens with one attached hydrogen (secondary N) is 1. The molecule has 0 saturated carbocycles. The molecule has 1 N–H and O–H groups in total. The van der Waals surface area contributed by atoms with Crippen LogP contribution < -0.4 is 9.62 Å². The lowest BCUT2D eigenvalue weighted by Gasteiger charge is -2.34. The lowest BCUT2D eigenvalue weighted by Crippen LogP contribution is -2.53. The van der Waals surface area contributed by atoms with E-state index in [1.54, 1.807) is 60.7 Å². The number of rotatable bonds is 13. The molecular formula is C34H32Cl2F3N3O4S. The minimum absolute atomic E-state index is 0.0837. The van der Waals surface area contributed by atoms with E-state index in [0.29, 0.717) is 33.9 Å². The van der Waals surface area contributed by atoms with Gasteiger partial charge in [-0.15, -0.1) is 0 Å². The van der Waals surface area contributed by atoms with E-state index in [4.69, 9.17) is 23.2 Å². The predicted octanol–water partition coefficient (Wildman–Crippen LogP) is 7.37. The topological polar surface area (TPSA) is 86.8 Å². The van der Waals surface area contributed by atoms with Crippen LogP contribution in [0.2, 0.25) is 10.0 Å². The molecular weight excluding hydrogens is 674 g/mol. The highest BCUT2D eigenvalue weighted by atomic mass is 35.5. The lowest BCUT2D eigenvalue weighted by molar-refractivity contribution is -0.140. The number of carbonyl (C=O) groups is 2. The van der Waals surface area contributed by atoms with Crippen LogP contribution >= 0.6 is 23.2 Å². The number of carbonyl (C=O) groups excluding carboxylic acids is 2. The SMILES string of the molecule is CCCNC(=O)[C@H](Cc1ccccc1)N(Cc1ccc(Cl)cc1)C(=O)CN(c1ccc(Cl)c(C(F)(F)F)c1)S(=O)(=O)c1ccccc1. The molecule has 0 radical (unpaired) electrons. The van der Waals surface area contributed by atoms with Crippen molar-refractivity contribution in [2.24, 2.45) is 0 Å². The van der Waals surface area contributed by atoms with Crippen LogP contribution in [0.25, 0.3) is 0 Å². The zero-order valence-corrected chi connectivity index (χ0v) is 27.6. The monoisotopic (exact) mass is 705 g/mol. The Morgan fingerprint density at radius 2 is 1.47 bits per heavy atom. The second-order valence-corrected chi connectivity index (χ2v) is 13.3. The van der Waals surface area contributed by atoms with Crippen LogP contribution in [0.4, 0.5) is 18.9 Å². The van der Waals surface area contributed by atoms with Gasteiger partial charge in [0.05, 0.1) is 21.2 Å². The van der Waals surface area contributed by atoms with Crippen molar-refractivity contribution in [2.45, 2.75) is 43.4 Å². The van der Waals surface area contributed by atoms with Gasteiger partial charge < -0.3 is 10.2 Å². The summed E-state index contributed by atoms with van der Waals surface area (Å²) in [6, 6.07) is 24.1. The number of amides is 2. The smallest absolute Gasteiger partial charge is 0.354 e. The molecule has 4 rings (SSSR count). The van der Waals surface area contributed by atoms with E-state index in [-0.39, 0.29) is 17.9 Å². The van der Waals surface area contributed by atoms with Gasteiger partial charge in [-0.25, -0.2) is 8.42 Å². The summed E-state index contributed by atoms with van der Waals surface area (Å²) in [5.74, 6) is -1.29. The molecule has 47 heavy (non-hydrogen) atoms. The number of hydrogen-bond donors (Lipinski definition) is 1. The molecule has 0 fully saturated rings. The van der Waals surface area contributed by atoms with Crippen molar-refractivity contribution in [3.05, 3.63) is 130 Å². The largest absolute Gasteiger partial charge is 0.417 e. The van der Waals surface area contributed by atoms with Crippen molar-refractivity contribution in [1.29, 1.82) is 0 Å². The molecule has 0 aliphatic rings. The molecule has 4 aromatic carbocycles. The Kier molecular flexibility index (Phi) is 11.9. The van der Waals surface area contributed by atoms with E-state index in [9.17, 15) is 31.2 Å². The van der Waals surface area contributed by atoms with E-state index in [1.165, 1.54) is 29.2 Å². The van der Waals surface area contributed by atoms with Gasteiger partial charge in [0.1, 0.15) is 12.6 Å². The second kappa shape index (κ2) is 15.7. The summed E-state index contributed by atoms with van der Waals surface area (Å²) < 4.78 is 70.3. The minimum Gasteiger partial charge on any atom is -0.354 e. The van der Waals surface area contributed by atoms with Gasteiger partial charge in [0, 0.05) is 24.5 Å². The van der Waals surface area contributed by atoms with Crippen LogP contribution in [0, 0.1) is 0 Å². The first-order chi connectivity index (χ1) is 22.3. The van der Waals surface area contributed by atoms with Crippen molar-refractivity contribution < 1.29 is 31.2 Å². The maximum Gasteiger partial charge on any atom is 0.417 e. The molecule has 248 valence electrons. The van der Waals surface area contributed by atoms with E-state index in [1.807, 2.05) is 6.92 Å². The molecule has 0 heterocycles. The van der Waals surface area contributed by atoms with Crippen molar-refractivity contribution in [3.63, 3.8) is 0 Å². The van der Waals surface area contributed by atoms with Gasteiger partial charge in [0.15, 0.2) is 0 Å². The number of hydrogen-bond acceptors (Lipinski definition) is 4. The van der Waals surface area contributed by atoms with Crippen LogP contribution in [-0.2, 0) is 38.8 Å². The Hall–Kier alpha value is -4.06. The zero-order chi connectivity index (χ0) is 34.2. The summed E-state index contributed by atoms with van der Waals surface area (Å²) in [6.45, 7) is 1.15. The Bertz CT molecular complexity index is 1780. The number of sulfonamides is 1. The Morgan fingerprint density at radius 3 is 2.06 bits per heavy atom. The molecule has 4 aromatic rings. The lowest BCUT2D eigenvalue weighted by atomic mass is 10.0. The molecule has 0 spiro atoms. The average Bonchev–Trinajstić information content (AvgIpc) is 3.05. The van der Waals surface area contributed by atoms with Gasteiger partial charge in [-0.05, 0) is 60.0 Å². The first-order valence-corrected chi connectivity index (χ1v) is 16.8. The van der Waals surface area contributed by atoms with Gasteiger partial charge >= 0.3 is 6.18 Å². The fourth-order valence-electron chi connectivity index (χ4n) is 4.84. The molecule has 0 aliphatic heterocycles. The highest BCUT2D eigenvalue weighted by Gasteiger charge is 2.37. The third kappa shape index (κ3) is 9.27. The third-order valence-corrected chi connectivity index (χ3v) is 9.61. The van der Waals surface area contributed by atoms with E-state index in [2.05, 4.69) is 5.32 Å². The summed E-state index contributed by atoms with van der Waals surface area (Å²) in [5.41, 5.74) is -0.372. The molecule has 7 nitrogen and oxygen atoms in total. The second-order valence-electron chi connectivity index (χ2n) is 10.6. The molecule has 0 aliphatic carbocycles. The highest BCUT2D eigenvalue weighted by Crippen LogP contribution is 2.38. The number of anilines is 1. The summed E-state index contributed by atoms with van der Waals surface area (Å²) >= 11 is 11.9. The number of alkyl halides is 3. The Balaban J connectivity index is 1.84. The molecule has 0 bridgehead atoms. The summed E-state index contributed by atoms with van der Waals surface area (Å²) in [7, 11) is -4.60. The fraction of sp³-hybridized carbons (Fsp3) is 0.235. The summed E-state index contributed by atoms with van der Waals surface area (Å²) in [4.78, 5) is 29.1. The molecule has 0 saturated heterocycles. The maximum atomic E-state index is 14.4. The van der Waals surface area contributed by atoms with Gasteiger partial charge in [-0.3, -0.25) is 13.9 Å². The maximum absolute atomic E-state index is 14.4. The van der Waals surface area contributed by atoms with Gasteiger partial charge in [0.2, 0.25) is 11.8 Å². The van der Waals surface area contributed by atoms with Crippen molar-refractivity contribution in [3.8, 4) is 0 Å². The van der Waals surface area contributed by atoms with Gasteiger partial charge in [0.25, 0.3) is 10.0 Å². The van der Waals surface area contributed by atoms with Crippen LogP contribution in [0.1, 0.15) is 30.0 Å². The number of halogens is 5. The van der Waals surface area contributed by atoms with Gasteiger partial charge in [-0.1, -0.05) is 90.8 Å².